The summed E-state index contributed by atoms with van der Waals surface area (Å²) in [6.45, 7) is 0.680. The first-order valence-electron chi connectivity index (χ1n) is 9.00. The zero-order valence-corrected chi connectivity index (χ0v) is 15.8. The summed E-state index contributed by atoms with van der Waals surface area (Å²) < 4.78 is 5.81. The van der Waals surface area contributed by atoms with Crippen LogP contribution in [0.1, 0.15) is 56.9 Å². The lowest BCUT2D eigenvalue weighted by atomic mass is 9.86. The van der Waals surface area contributed by atoms with E-state index in [4.69, 9.17) is 16.3 Å². The summed E-state index contributed by atoms with van der Waals surface area (Å²) in [6.07, 6.45) is 10.9. The minimum absolute atomic E-state index is 0.00752. The van der Waals surface area contributed by atoms with Crippen LogP contribution < -0.4 is 4.74 Å². The van der Waals surface area contributed by atoms with Crippen LogP contribution in [0.15, 0.2) is 23.1 Å². The third-order valence-corrected chi connectivity index (χ3v) is 6.03. The fourth-order valence-corrected chi connectivity index (χ4v) is 4.52. The number of halogens is 1. The molecule has 1 saturated carbocycles. The van der Waals surface area contributed by atoms with Crippen LogP contribution in [0.25, 0.3) is 6.08 Å². The van der Waals surface area contributed by atoms with Gasteiger partial charge in [-0.15, -0.1) is 0 Å². The number of carbonyl (C=O) groups excluding carboxylic acids is 2. The average Bonchev–Trinajstić information content (AvgIpc) is 2.91. The van der Waals surface area contributed by atoms with Gasteiger partial charge in [0.05, 0.1) is 23.0 Å². The molecule has 0 atom stereocenters. The number of allylic oxidation sites excluding steroid dienone is 1. The number of rotatable bonds is 6. The van der Waals surface area contributed by atoms with Crippen molar-refractivity contribution in [3.05, 3.63) is 33.7 Å². The summed E-state index contributed by atoms with van der Waals surface area (Å²) in [5.41, 5.74) is 0.810. The van der Waals surface area contributed by atoms with Crippen LogP contribution in [0.4, 0.5) is 0 Å². The first-order chi connectivity index (χ1) is 12.1. The van der Waals surface area contributed by atoms with E-state index in [1.807, 2.05) is 12.1 Å². The molecule has 5 heteroatoms. The quantitative estimate of drug-likeness (QED) is 0.364. The largest absolute Gasteiger partial charge is 0.492 e. The molecule has 1 aromatic rings. The van der Waals surface area contributed by atoms with Gasteiger partial charge in [-0.05, 0) is 54.3 Å². The molecule has 3 nitrogen and oxygen atoms in total. The lowest BCUT2D eigenvalue weighted by Crippen LogP contribution is -2.08. The van der Waals surface area contributed by atoms with Gasteiger partial charge in [-0.3, -0.25) is 9.59 Å². The molecule has 0 unspecified atom stereocenters. The van der Waals surface area contributed by atoms with E-state index in [9.17, 15) is 9.59 Å². The van der Waals surface area contributed by atoms with Crippen LogP contribution in [0.5, 0.6) is 5.75 Å². The molecule has 1 aromatic carbocycles. The molecule has 1 aliphatic heterocycles. The zero-order valence-electron chi connectivity index (χ0n) is 14.3. The van der Waals surface area contributed by atoms with Crippen molar-refractivity contribution in [1.29, 1.82) is 0 Å². The van der Waals surface area contributed by atoms with E-state index in [2.05, 4.69) is 0 Å². The van der Waals surface area contributed by atoms with Crippen LogP contribution in [-0.2, 0) is 9.59 Å². The third kappa shape index (κ3) is 5.35. The zero-order chi connectivity index (χ0) is 17.6. The van der Waals surface area contributed by atoms with Crippen molar-refractivity contribution in [3.63, 3.8) is 0 Å². The summed E-state index contributed by atoms with van der Waals surface area (Å²) in [6, 6.07) is 5.48. The summed E-state index contributed by atoms with van der Waals surface area (Å²) in [7, 11) is 0. The first-order valence-corrected chi connectivity index (χ1v) is 10.2. The SMILES string of the molecule is O=C1CC(=O)/C(=C/c2ccc(OCCCC3CCCCC3)c(Cl)c2)S1. The van der Waals surface area contributed by atoms with Gasteiger partial charge in [0.15, 0.2) is 5.78 Å². The summed E-state index contributed by atoms with van der Waals surface area (Å²) in [4.78, 5) is 23.5. The lowest BCUT2D eigenvalue weighted by Gasteiger charge is -2.21. The molecule has 0 spiro atoms. The van der Waals surface area contributed by atoms with Gasteiger partial charge in [-0.2, -0.15) is 0 Å². The van der Waals surface area contributed by atoms with E-state index < -0.39 is 0 Å². The molecule has 0 amide bonds. The molecule has 0 radical (unpaired) electrons. The molecular formula is C20H23ClO3S. The highest BCUT2D eigenvalue weighted by Crippen LogP contribution is 2.33. The predicted octanol–water partition coefficient (Wildman–Crippen LogP) is 5.65. The molecule has 3 rings (SSSR count). The first kappa shape index (κ1) is 18.5. The van der Waals surface area contributed by atoms with Gasteiger partial charge >= 0.3 is 0 Å². The van der Waals surface area contributed by atoms with E-state index in [-0.39, 0.29) is 17.3 Å². The molecule has 0 bridgehead atoms. The fraction of sp³-hybridized carbons (Fsp3) is 0.500. The number of ketones is 1. The van der Waals surface area contributed by atoms with Crippen LogP contribution >= 0.6 is 23.4 Å². The molecule has 2 fully saturated rings. The number of hydrogen-bond donors (Lipinski definition) is 0. The summed E-state index contributed by atoms with van der Waals surface area (Å²) in [5, 5.41) is 0.439. The topological polar surface area (TPSA) is 43.4 Å². The van der Waals surface area contributed by atoms with Crippen molar-refractivity contribution in [2.45, 2.75) is 51.4 Å². The Balaban J connectivity index is 1.50. The summed E-state index contributed by atoms with van der Waals surface area (Å²) in [5.74, 6) is 1.43. The van der Waals surface area contributed by atoms with Gasteiger partial charge in [0.25, 0.3) is 0 Å². The maximum Gasteiger partial charge on any atom is 0.201 e. The smallest absolute Gasteiger partial charge is 0.201 e. The van der Waals surface area contributed by atoms with E-state index in [1.165, 1.54) is 38.5 Å². The van der Waals surface area contributed by atoms with Gasteiger partial charge in [0.1, 0.15) is 5.75 Å². The highest BCUT2D eigenvalue weighted by molar-refractivity contribution is 8.18. The minimum Gasteiger partial charge on any atom is -0.492 e. The van der Waals surface area contributed by atoms with Crippen LogP contribution in [-0.4, -0.2) is 17.5 Å². The van der Waals surface area contributed by atoms with Gasteiger partial charge in [0.2, 0.25) is 5.12 Å². The van der Waals surface area contributed by atoms with Crippen molar-refractivity contribution >= 4 is 40.3 Å². The molecule has 134 valence electrons. The number of ether oxygens (including phenoxy) is 1. The Morgan fingerprint density at radius 1 is 1.20 bits per heavy atom. The Morgan fingerprint density at radius 2 is 2.00 bits per heavy atom. The normalized spacial score (nSPS) is 20.4. The summed E-state index contributed by atoms with van der Waals surface area (Å²) >= 11 is 7.30. The van der Waals surface area contributed by atoms with E-state index in [0.717, 1.165) is 29.7 Å². The number of carbonyl (C=O) groups is 2. The van der Waals surface area contributed by atoms with Gasteiger partial charge in [-0.1, -0.05) is 49.8 Å². The second-order valence-corrected chi connectivity index (χ2v) is 8.27. The van der Waals surface area contributed by atoms with Crippen molar-refractivity contribution in [3.8, 4) is 5.75 Å². The monoisotopic (exact) mass is 378 g/mol. The Hall–Kier alpha value is -1.26. The average molecular weight is 379 g/mol. The number of thioether (sulfide) groups is 1. The third-order valence-electron chi connectivity index (χ3n) is 4.80. The Kier molecular flexibility index (Phi) is 6.60. The van der Waals surface area contributed by atoms with Crippen molar-refractivity contribution < 1.29 is 14.3 Å². The molecule has 25 heavy (non-hydrogen) atoms. The lowest BCUT2D eigenvalue weighted by molar-refractivity contribution is -0.119. The maximum atomic E-state index is 11.7. The molecule has 1 heterocycles. The van der Waals surface area contributed by atoms with Gasteiger partial charge in [0, 0.05) is 0 Å². The molecule has 1 aliphatic carbocycles. The van der Waals surface area contributed by atoms with Gasteiger partial charge < -0.3 is 4.74 Å². The molecule has 0 N–H and O–H groups in total. The fourth-order valence-electron chi connectivity index (χ4n) is 3.45. The maximum absolute atomic E-state index is 11.7. The number of hydrogen-bond acceptors (Lipinski definition) is 4. The highest BCUT2D eigenvalue weighted by Gasteiger charge is 2.25. The molecule has 1 saturated heterocycles. The Morgan fingerprint density at radius 3 is 2.68 bits per heavy atom. The molecule has 0 aromatic heterocycles. The Labute approximate surface area is 158 Å². The molecular weight excluding hydrogens is 356 g/mol. The van der Waals surface area contributed by atoms with E-state index in [0.29, 0.717) is 22.3 Å². The number of benzene rings is 1. The van der Waals surface area contributed by atoms with Crippen LogP contribution in [0, 0.1) is 5.92 Å². The number of Topliss-reactive ketones (excluding diaryl/α,β-unsaturated/α-hetero) is 1. The highest BCUT2D eigenvalue weighted by atomic mass is 35.5. The van der Waals surface area contributed by atoms with E-state index >= 15 is 0 Å². The van der Waals surface area contributed by atoms with Crippen molar-refractivity contribution in [2.75, 3.05) is 6.61 Å². The van der Waals surface area contributed by atoms with Crippen LogP contribution in [0.3, 0.4) is 0 Å². The van der Waals surface area contributed by atoms with Crippen LogP contribution in [0.2, 0.25) is 5.02 Å². The van der Waals surface area contributed by atoms with Crippen molar-refractivity contribution in [2.24, 2.45) is 5.92 Å². The van der Waals surface area contributed by atoms with Crippen molar-refractivity contribution in [1.82, 2.24) is 0 Å². The second kappa shape index (κ2) is 8.91. The minimum atomic E-state index is -0.117. The molecule has 2 aliphatic rings. The standard InChI is InChI=1S/C20H23ClO3S/c21-16-11-15(12-19-17(22)13-20(23)25-19)8-9-18(16)24-10-4-7-14-5-2-1-3-6-14/h8-9,11-12,14H,1-7,10,13H2/b19-12-. The Bertz CT molecular complexity index is 678. The van der Waals surface area contributed by atoms with Gasteiger partial charge in [-0.25, -0.2) is 0 Å². The predicted molar refractivity (Wildman–Crippen MR) is 103 cm³/mol. The van der Waals surface area contributed by atoms with E-state index in [1.54, 1.807) is 12.1 Å². The second-order valence-electron chi connectivity index (χ2n) is 6.77.